The number of hydrogen-bond acceptors (Lipinski definition) is 3. The van der Waals surface area contributed by atoms with Gasteiger partial charge in [0.05, 0.1) is 28.3 Å². The summed E-state index contributed by atoms with van der Waals surface area (Å²) in [5.41, 5.74) is 3.28. The molecule has 3 rings (SSSR count). The van der Waals surface area contributed by atoms with Crippen LogP contribution in [0.15, 0.2) is 54.6 Å². The number of para-hydroxylation sites is 1. The van der Waals surface area contributed by atoms with Crippen LogP contribution in [-0.4, -0.2) is 4.98 Å². The zero-order valence-electron chi connectivity index (χ0n) is 11.2. The van der Waals surface area contributed by atoms with Crippen molar-refractivity contribution in [3.05, 3.63) is 70.9 Å². The summed E-state index contributed by atoms with van der Waals surface area (Å²) < 4.78 is 0. The third-order valence-electron chi connectivity index (χ3n) is 3.22. The summed E-state index contributed by atoms with van der Waals surface area (Å²) in [4.78, 5) is 4.60. The highest BCUT2D eigenvalue weighted by atomic mass is 35.5. The number of pyridine rings is 1. The van der Waals surface area contributed by atoms with E-state index < -0.39 is 0 Å². The van der Waals surface area contributed by atoms with Crippen LogP contribution in [0.25, 0.3) is 10.9 Å². The standard InChI is InChI=1S/C17H12ClN3/c18-16-9-14(7-6-13(16)10-19)20-11-15-8-5-12-3-1-2-4-17(12)21-15/h1-9,20H,11H2. The normalized spacial score (nSPS) is 10.3. The number of nitriles is 1. The highest BCUT2D eigenvalue weighted by Gasteiger charge is 2.02. The molecule has 0 spiro atoms. The number of nitrogens with one attached hydrogen (secondary N) is 1. The molecule has 0 radical (unpaired) electrons. The highest BCUT2D eigenvalue weighted by molar-refractivity contribution is 6.32. The Morgan fingerprint density at radius 3 is 2.76 bits per heavy atom. The van der Waals surface area contributed by atoms with Gasteiger partial charge in [0.2, 0.25) is 0 Å². The first kappa shape index (κ1) is 13.4. The molecule has 0 aliphatic heterocycles. The third kappa shape index (κ3) is 2.96. The number of halogens is 1. The van der Waals surface area contributed by atoms with Crippen LogP contribution in [0.3, 0.4) is 0 Å². The molecule has 0 atom stereocenters. The Labute approximate surface area is 127 Å². The second-order valence-electron chi connectivity index (χ2n) is 4.66. The lowest BCUT2D eigenvalue weighted by Gasteiger charge is -2.08. The van der Waals surface area contributed by atoms with E-state index in [2.05, 4.69) is 16.4 Å². The van der Waals surface area contributed by atoms with E-state index in [1.807, 2.05) is 42.5 Å². The Bertz CT molecular complexity index is 837. The molecule has 2 aromatic carbocycles. The predicted octanol–water partition coefficient (Wildman–Crippen LogP) is 4.37. The quantitative estimate of drug-likeness (QED) is 0.780. The Morgan fingerprint density at radius 2 is 1.95 bits per heavy atom. The van der Waals surface area contributed by atoms with Crippen molar-refractivity contribution in [2.45, 2.75) is 6.54 Å². The fourth-order valence-electron chi connectivity index (χ4n) is 2.12. The molecular weight excluding hydrogens is 282 g/mol. The van der Waals surface area contributed by atoms with Gasteiger partial charge in [0.15, 0.2) is 0 Å². The molecule has 0 aliphatic rings. The zero-order valence-corrected chi connectivity index (χ0v) is 11.9. The second-order valence-corrected chi connectivity index (χ2v) is 5.06. The van der Waals surface area contributed by atoms with Gasteiger partial charge >= 0.3 is 0 Å². The number of anilines is 1. The Morgan fingerprint density at radius 1 is 1.10 bits per heavy atom. The molecule has 3 nitrogen and oxygen atoms in total. The van der Waals surface area contributed by atoms with Crippen molar-refractivity contribution in [1.82, 2.24) is 4.98 Å². The van der Waals surface area contributed by atoms with Gasteiger partial charge in [-0.05, 0) is 30.3 Å². The van der Waals surface area contributed by atoms with E-state index in [0.717, 1.165) is 22.3 Å². The van der Waals surface area contributed by atoms with Gasteiger partial charge in [-0.1, -0.05) is 35.9 Å². The van der Waals surface area contributed by atoms with Gasteiger partial charge in [-0.2, -0.15) is 5.26 Å². The molecule has 0 fully saturated rings. The average Bonchev–Trinajstić information content (AvgIpc) is 2.53. The van der Waals surface area contributed by atoms with Crippen molar-refractivity contribution in [3.8, 4) is 6.07 Å². The van der Waals surface area contributed by atoms with E-state index in [0.29, 0.717) is 17.1 Å². The first-order valence-electron chi connectivity index (χ1n) is 6.54. The van der Waals surface area contributed by atoms with Crippen molar-refractivity contribution < 1.29 is 0 Å². The van der Waals surface area contributed by atoms with Crippen molar-refractivity contribution >= 4 is 28.2 Å². The van der Waals surface area contributed by atoms with Gasteiger partial charge in [0.25, 0.3) is 0 Å². The number of rotatable bonds is 3. The van der Waals surface area contributed by atoms with Crippen molar-refractivity contribution in [2.24, 2.45) is 0 Å². The number of fused-ring (bicyclic) bond motifs is 1. The fourth-order valence-corrected chi connectivity index (χ4v) is 2.34. The monoisotopic (exact) mass is 293 g/mol. The van der Waals surface area contributed by atoms with Gasteiger partial charge in [-0.15, -0.1) is 0 Å². The lowest BCUT2D eigenvalue weighted by atomic mass is 10.2. The molecule has 0 saturated carbocycles. The Hall–Kier alpha value is -2.57. The van der Waals surface area contributed by atoms with Crippen LogP contribution < -0.4 is 5.32 Å². The summed E-state index contributed by atoms with van der Waals surface area (Å²) in [5.74, 6) is 0. The van der Waals surface area contributed by atoms with Gasteiger partial charge in [-0.3, -0.25) is 4.98 Å². The van der Waals surface area contributed by atoms with Gasteiger partial charge in [0, 0.05) is 11.1 Å². The fraction of sp³-hybridized carbons (Fsp3) is 0.0588. The molecule has 102 valence electrons. The maximum atomic E-state index is 8.85. The van der Waals surface area contributed by atoms with E-state index in [4.69, 9.17) is 16.9 Å². The minimum atomic E-state index is 0.453. The van der Waals surface area contributed by atoms with Crippen LogP contribution in [-0.2, 0) is 6.54 Å². The predicted molar refractivity (Wildman–Crippen MR) is 85.2 cm³/mol. The summed E-state index contributed by atoms with van der Waals surface area (Å²) in [6.45, 7) is 0.604. The van der Waals surface area contributed by atoms with Crippen LogP contribution in [0.5, 0.6) is 0 Å². The van der Waals surface area contributed by atoms with E-state index in [-0.39, 0.29) is 0 Å². The third-order valence-corrected chi connectivity index (χ3v) is 3.53. The topological polar surface area (TPSA) is 48.7 Å². The van der Waals surface area contributed by atoms with Crippen molar-refractivity contribution in [1.29, 1.82) is 5.26 Å². The Kier molecular flexibility index (Phi) is 3.72. The van der Waals surface area contributed by atoms with E-state index in [1.54, 1.807) is 12.1 Å². The summed E-state index contributed by atoms with van der Waals surface area (Å²) in [6.07, 6.45) is 0. The summed E-state index contributed by atoms with van der Waals surface area (Å²) >= 11 is 6.01. The molecule has 1 aromatic heterocycles. The largest absolute Gasteiger partial charge is 0.379 e. The maximum Gasteiger partial charge on any atom is 0.101 e. The molecule has 1 heterocycles. The minimum Gasteiger partial charge on any atom is -0.379 e. The number of aromatic nitrogens is 1. The van der Waals surface area contributed by atoms with Crippen LogP contribution in [0, 0.1) is 11.3 Å². The maximum absolute atomic E-state index is 8.85. The molecule has 1 N–H and O–H groups in total. The average molecular weight is 294 g/mol. The zero-order chi connectivity index (χ0) is 14.7. The van der Waals surface area contributed by atoms with E-state index in [1.165, 1.54) is 0 Å². The number of nitrogens with zero attached hydrogens (tertiary/aromatic N) is 2. The smallest absolute Gasteiger partial charge is 0.101 e. The van der Waals surface area contributed by atoms with E-state index >= 15 is 0 Å². The van der Waals surface area contributed by atoms with Gasteiger partial charge in [-0.25, -0.2) is 0 Å². The number of hydrogen-bond donors (Lipinski definition) is 1. The van der Waals surface area contributed by atoms with E-state index in [9.17, 15) is 0 Å². The SMILES string of the molecule is N#Cc1ccc(NCc2ccc3ccccc3n2)cc1Cl. The minimum absolute atomic E-state index is 0.453. The molecule has 3 aromatic rings. The van der Waals surface area contributed by atoms with Crippen LogP contribution in [0.2, 0.25) is 5.02 Å². The molecule has 0 saturated heterocycles. The van der Waals surface area contributed by atoms with Crippen molar-refractivity contribution in [2.75, 3.05) is 5.32 Å². The first-order chi connectivity index (χ1) is 10.3. The lowest BCUT2D eigenvalue weighted by Crippen LogP contribution is -2.01. The highest BCUT2D eigenvalue weighted by Crippen LogP contribution is 2.21. The second kappa shape index (κ2) is 5.82. The molecule has 0 amide bonds. The van der Waals surface area contributed by atoms with Gasteiger partial charge < -0.3 is 5.32 Å². The molecule has 21 heavy (non-hydrogen) atoms. The van der Waals surface area contributed by atoms with Crippen LogP contribution >= 0.6 is 11.6 Å². The first-order valence-corrected chi connectivity index (χ1v) is 6.92. The molecule has 0 unspecified atom stereocenters. The summed E-state index contributed by atoms with van der Waals surface area (Å²) in [6, 6.07) is 19.4. The Balaban J connectivity index is 1.77. The molecule has 0 aliphatic carbocycles. The summed E-state index contributed by atoms with van der Waals surface area (Å²) in [7, 11) is 0. The molecular formula is C17H12ClN3. The molecule has 0 bridgehead atoms. The van der Waals surface area contributed by atoms with Gasteiger partial charge in [0.1, 0.15) is 6.07 Å². The number of benzene rings is 2. The summed E-state index contributed by atoms with van der Waals surface area (Å²) in [5, 5.41) is 13.7. The van der Waals surface area contributed by atoms with Crippen molar-refractivity contribution in [3.63, 3.8) is 0 Å². The lowest BCUT2D eigenvalue weighted by molar-refractivity contribution is 1.07. The molecule has 4 heteroatoms. The van der Waals surface area contributed by atoms with Crippen LogP contribution in [0.4, 0.5) is 5.69 Å². The van der Waals surface area contributed by atoms with Crippen LogP contribution in [0.1, 0.15) is 11.3 Å².